The number of methoxy groups -OCH3 is 1. The molecule has 0 bridgehead atoms. The molecule has 0 unspecified atom stereocenters. The predicted octanol–water partition coefficient (Wildman–Crippen LogP) is 3.00. The largest absolute Gasteiger partial charge is 0.534 e. The van der Waals surface area contributed by atoms with Crippen LogP contribution in [-0.2, 0) is 10.1 Å². The van der Waals surface area contributed by atoms with Gasteiger partial charge in [0.1, 0.15) is 11.2 Å². The van der Waals surface area contributed by atoms with E-state index in [-0.39, 0.29) is 22.0 Å². The number of halogens is 4. The summed E-state index contributed by atoms with van der Waals surface area (Å²) in [7, 11) is -4.75. The van der Waals surface area contributed by atoms with Gasteiger partial charge in [0.2, 0.25) is 0 Å². The third-order valence-corrected chi connectivity index (χ3v) is 3.91. The van der Waals surface area contributed by atoms with Gasteiger partial charge in [-0.25, -0.2) is 4.98 Å². The van der Waals surface area contributed by atoms with Gasteiger partial charge in [0.25, 0.3) is 0 Å². The van der Waals surface area contributed by atoms with Gasteiger partial charge in [-0.2, -0.15) is 26.9 Å². The lowest BCUT2D eigenvalue weighted by molar-refractivity contribution is -0.0500. The van der Waals surface area contributed by atoms with E-state index in [1.54, 1.807) is 6.07 Å². The zero-order valence-corrected chi connectivity index (χ0v) is 12.8. The lowest BCUT2D eigenvalue weighted by atomic mass is 10.1. The number of alkyl halides is 3. The standard InChI is InChI=1S/C12H6ClF3N2O4S/c1-21-9-3-6-2-7(5-17)11(13)18-8(6)4-10(9)22-23(19,20)12(14,15)16/h2-4H,1H3. The smallest absolute Gasteiger partial charge is 0.493 e. The lowest BCUT2D eigenvalue weighted by Crippen LogP contribution is -2.28. The second-order valence-corrected chi connectivity index (χ2v) is 6.01. The Hall–Kier alpha value is -2.25. The molecular weight excluding hydrogens is 361 g/mol. The van der Waals surface area contributed by atoms with Crippen LogP contribution in [0.1, 0.15) is 5.56 Å². The molecule has 2 aromatic rings. The minimum absolute atomic E-state index is 0.0298. The second-order valence-electron chi connectivity index (χ2n) is 4.12. The number of hydrogen-bond acceptors (Lipinski definition) is 6. The van der Waals surface area contributed by atoms with Gasteiger partial charge < -0.3 is 8.92 Å². The fourth-order valence-corrected chi connectivity index (χ4v) is 2.28. The zero-order valence-electron chi connectivity index (χ0n) is 11.2. The zero-order chi connectivity index (χ0) is 17.4. The minimum atomic E-state index is -5.87. The Labute approximate surface area is 133 Å². The summed E-state index contributed by atoms with van der Waals surface area (Å²) in [6.45, 7) is 0. The molecule has 0 spiro atoms. The summed E-state index contributed by atoms with van der Waals surface area (Å²) in [5.41, 5.74) is -5.53. The van der Waals surface area contributed by atoms with Crippen molar-refractivity contribution >= 4 is 32.6 Å². The molecule has 0 saturated carbocycles. The van der Waals surface area contributed by atoms with E-state index in [4.69, 9.17) is 21.6 Å². The number of aromatic nitrogens is 1. The molecule has 0 fully saturated rings. The molecule has 1 heterocycles. The van der Waals surface area contributed by atoms with Crippen molar-refractivity contribution in [2.45, 2.75) is 5.51 Å². The fourth-order valence-electron chi connectivity index (χ4n) is 1.63. The molecule has 0 saturated heterocycles. The Bertz CT molecular complexity index is 923. The first-order chi connectivity index (χ1) is 10.6. The summed E-state index contributed by atoms with van der Waals surface area (Å²) >= 11 is 5.73. The SMILES string of the molecule is COc1cc2cc(C#N)c(Cl)nc2cc1OS(=O)(=O)C(F)(F)F. The summed E-state index contributed by atoms with van der Waals surface area (Å²) in [5.74, 6) is -0.982. The van der Waals surface area contributed by atoms with Crippen molar-refractivity contribution in [1.29, 1.82) is 5.26 Å². The molecule has 1 aromatic carbocycles. The molecule has 23 heavy (non-hydrogen) atoms. The Kier molecular flexibility index (Phi) is 4.28. The fraction of sp³-hybridized carbons (Fsp3) is 0.167. The molecule has 0 aliphatic carbocycles. The van der Waals surface area contributed by atoms with Crippen LogP contribution in [0.2, 0.25) is 5.15 Å². The van der Waals surface area contributed by atoms with Crippen LogP contribution in [0.25, 0.3) is 10.9 Å². The topological polar surface area (TPSA) is 89.3 Å². The van der Waals surface area contributed by atoms with Crippen molar-refractivity contribution in [2.24, 2.45) is 0 Å². The Morgan fingerprint density at radius 3 is 2.43 bits per heavy atom. The van der Waals surface area contributed by atoms with Crippen molar-refractivity contribution in [3.63, 3.8) is 0 Å². The average molecular weight is 367 g/mol. The van der Waals surface area contributed by atoms with Crippen LogP contribution in [0.4, 0.5) is 13.2 Å². The monoisotopic (exact) mass is 366 g/mol. The summed E-state index contributed by atoms with van der Waals surface area (Å²) in [6, 6.07) is 5.22. The van der Waals surface area contributed by atoms with Gasteiger partial charge in [-0.05, 0) is 12.1 Å². The molecule has 122 valence electrons. The molecule has 0 atom stereocenters. The lowest BCUT2D eigenvalue weighted by Gasteiger charge is -2.13. The Morgan fingerprint density at radius 2 is 1.91 bits per heavy atom. The van der Waals surface area contributed by atoms with Gasteiger partial charge >= 0.3 is 15.6 Å². The van der Waals surface area contributed by atoms with Crippen molar-refractivity contribution in [1.82, 2.24) is 4.98 Å². The highest BCUT2D eigenvalue weighted by Crippen LogP contribution is 2.36. The minimum Gasteiger partial charge on any atom is -0.493 e. The van der Waals surface area contributed by atoms with E-state index < -0.39 is 21.4 Å². The van der Waals surface area contributed by atoms with Gasteiger partial charge in [-0.15, -0.1) is 0 Å². The van der Waals surface area contributed by atoms with Crippen LogP contribution in [-0.4, -0.2) is 26.0 Å². The van der Waals surface area contributed by atoms with Crippen molar-refractivity contribution in [3.05, 3.63) is 28.9 Å². The quantitative estimate of drug-likeness (QED) is 0.471. The molecule has 0 amide bonds. The molecule has 11 heteroatoms. The molecular formula is C12H6ClF3N2O4S. The average Bonchev–Trinajstić information content (AvgIpc) is 2.44. The van der Waals surface area contributed by atoms with Crippen LogP contribution in [0.3, 0.4) is 0 Å². The van der Waals surface area contributed by atoms with E-state index in [0.717, 1.165) is 13.2 Å². The maximum atomic E-state index is 12.4. The molecule has 0 N–H and O–H groups in total. The molecule has 0 radical (unpaired) electrons. The van der Waals surface area contributed by atoms with Crippen LogP contribution in [0.15, 0.2) is 18.2 Å². The Balaban J connectivity index is 2.64. The maximum Gasteiger partial charge on any atom is 0.534 e. The molecule has 0 aliphatic heterocycles. The highest BCUT2D eigenvalue weighted by Gasteiger charge is 2.49. The third-order valence-electron chi connectivity index (χ3n) is 2.66. The van der Waals surface area contributed by atoms with Crippen LogP contribution >= 0.6 is 11.6 Å². The normalized spacial score (nSPS) is 12.0. The van der Waals surface area contributed by atoms with E-state index in [9.17, 15) is 21.6 Å². The van der Waals surface area contributed by atoms with Crippen molar-refractivity contribution in [3.8, 4) is 17.6 Å². The first-order valence-corrected chi connectivity index (χ1v) is 7.47. The summed E-state index contributed by atoms with van der Waals surface area (Å²) < 4.78 is 68.3. The van der Waals surface area contributed by atoms with E-state index in [0.29, 0.717) is 5.39 Å². The summed E-state index contributed by atoms with van der Waals surface area (Å²) in [4.78, 5) is 3.81. The molecule has 6 nitrogen and oxygen atoms in total. The van der Waals surface area contributed by atoms with E-state index >= 15 is 0 Å². The van der Waals surface area contributed by atoms with E-state index in [1.165, 1.54) is 12.1 Å². The first kappa shape index (κ1) is 17.1. The van der Waals surface area contributed by atoms with Gasteiger partial charge in [0.15, 0.2) is 11.5 Å². The number of benzene rings is 1. The third kappa shape index (κ3) is 3.25. The van der Waals surface area contributed by atoms with Gasteiger partial charge in [0.05, 0.1) is 18.2 Å². The maximum absolute atomic E-state index is 12.4. The highest BCUT2D eigenvalue weighted by molar-refractivity contribution is 7.88. The number of fused-ring (bicyclic) bond motifs is 1. The molecule has 1 aromatic heterocycles. The van der Waals surface area contributed by atoms with Gasteiger partial charge in [-0.1, -0.05) is 11.6 Å². The van der Waals surface area contributed by atoms with Gasteiger partial charge in [-0.3, -0.25) is 0 Å². The predicted molar refractivity (Wildman–Crippen MR) is 73.6 cm³/mol. The number of nitrogens with zero attached hydrogens (tertiary/aromatic N) is 2. The molecule has 2 rings (SSSR count). The van der Waals surface area contributed by atoms with Crippen molar-refractivity contribution < 1.29 is 30.5 Å². The van der Waals surface area contributed by atoms with Crippen LogP contribution in [0.5, 0.6) is 11.5 Å². The number of hydrogen-bond donors (Lipinski definition) is 0. The van der Waals surface area contributed by atoms with Crippen LogP contribution in [0, 0.1) is 11.3 Å². The number of nitriles is 1. The van der Waals surface area contributed by atoms with E-state index in [1.807, 2.05) is 0 Å². The first-order valence-electron chi connectivity index (χ1n) is 5.68. The number of rotatable bonds is 3. The van der Waals surface area contributed by atoms with Crippen molar-refractivity contribution in [2.75, 3.05) is 7.11 Å². The van der Waals surface area contributed by atoms with E-state index in [2.05, 4.69) is 9.17 Å². The summed E-state index contributed by atoms with van der Waals surface area (Å²) in [5, 5.41) is 8.99. The molecule has 0 aliphatic rings. The number of ether oxygens (including phenoxy) is 1. The summed E-state index contributed by atoms with van der Waals surface area (Å²) in [6.07, 6.45) is 0. The highest BCUT2D eigenvalue weighted by atomic mass is 35.5. The van der Waals surface area contributed by atoms with Crippen LogP contribution < -0.4 is 8.92 Å². The second kappa shape index (κ2) is 5.75. The number of pyridine rings is 1. The van der Waals surface area contributed by atoms with Gasteiger partial charge in [0, 0.05) is 11.5 Å². The Morgan fingerprint density at radius 1 is 1.26 bits per heavy atom.